The van der Waals surface area contributed by atoms with Gasteiger partial charge in [0.25, 0.3) is 0 Å². The van der Waals surface area contributed by atoms with Crippen molar-refractivity contribution in [1.82, 2.24) is 15.0 Å². The lowest BCUT2D eigenvalue weighted by atomic mass is 10.1. The molecule has 0 amide bonds. The number of pyridine rings is 1. The van der Waals surface area contributed by atoms with Crippen LogP contribution >= 0.6 is 0 Å². The van der Waals surface area contributed by atoms with Gasteiger partial charge in [-0.05, 0) is 50.6 Å². The minimum absolute atomic E-state index is 0.0522. The summed E-state index contributed by atoms with van der Waals surface area (Å²) < 4.78 is 5.76. The second-order valence-corrected chi connectivity index (χ2v) is 5.93. The number of nitrogens with zero attached hydrogens (tertiary/aromatic N) is 3. The van der Waals surface area contributed by atoms with Gasteiger partial charge in [-0.15, -0.1) is 0 Å². The number of nitrogen functional groups attached to an aromatic ring is 1. The molecule has 6 nitrogen and oxygen atoms in total. The van der Waals surface area contributed by atoms with Crippen LogP contribution in [0.4, 0.5) is 11.6 Å². The predicted molar refractivity (Wildman–Crippen MR) is 96.0 cm³/mol. The Morgan fingerprint density at radius 1 is 1.08 bits per heavy atom. The highest BCUT2D eigenvalue weighted by atomic mass is 16.5. The summed E-state index contributed by atoms with van der Waals surface area (Å²) in [7, 11) is 0. The van der Waals surface area contributed by atoms with Crippen LogP contribution in [0.5, 0.6) is 5.75 Å². The molecule has 0 aliphatic rings. The van der Waals surface area contributed by atoms with E-state index < -0.39 is 0 Å². The first-order valence-electron chi connectivity index (χ1n) is 7.93. The Morgan fingerprint density at radius 2 is 1.92 bits per heavy atom. The number of rotatable bonds is 5. The molecule has 0 aliphatic heterocycles. The second-order valence-electron chi connectivity index (χ2n) is 5.93. The summed E-state index contributed by atoms with van der Waals surface area (Å²) in [5, 5.41) is 4.25. The summed E-state index contributed by atoms with van der Waals surface area (Å²) in [6.07, 6.45) is 1.63. The maximum Gasteiger partial charge on any atom is 0.166 e. The molecule has 3 rings (SSSR count). The second kappa shape index (κ2) is 6.70. The summed E-state index contributed by atoms with van der Waals surface area (Å²) in [4.78, 5) is 12.7. The Bertz CT molecular complexity index is 850. The van der Waals surface area contributed by atoms with E-state index in [2.05, 4.69) is 33.3 Å². The normalized spacial score (nSPS) is 12.3. The molecule has 1 atom stereocenters. The highest BCUT2D eigenvalue weighted by molar-refractivity contribution is 5.87. The minimum Gasteiger partial charge on any atom is -0.491 e. The Labute approximate surface area is 141 Å². The SMILES string of the molecule is CC(C)Oc1cccc(C(C)Nc2ncnc3nc(N)ccc23)c1. The summed E-state index contributed by atoms with van der Waals surface area (Å²) in [5.41, 5.74) is 7.41. The largest absolute Gasteiger partial charge is 0.491 e. The molecule has 1 unspecified atom stereocenters. The van der Waals surface area contributed by atoms with E-state index in [1.165, 1.54) is 6.33 Å². The van der Waals surface area contributed by atoms with Gasteiger partial charge in [0, 0.05) is 0 Å². The van der Waals surface area contributed by atoms with Crippen LogP contribution in [0.25, 0.3) is 11.0 Å². The lowest BCUT2D eigenvalue weighted by Gasteiger charge is -2.17. The first-order valence-corrected chi connectivity index (χ1v) is 7.93. The van der Waals surface area contributed by atoms with Gasteiger partial charge in [0.05, 0.1) is 17.5 Å². The third-order valence-electron chi connectivity index (χ3n) is 3.60. The maximum atomic E-state index is 5.76. The fourth-order valence-electron chi connectivity index (χ4n) is 2.49. The topological polar surface area (TPSA) is 86.0 Å². The highest BCUT2D eigenvalue weighted by Gasteiger charge is 2.11. The highest BCUT2D eigenvalue weighted by Crippen LogP contribution is 2.26. The Balaban J connectivity index is 1.86. The third-order valence-corrected chi connectivity index (χ3v) is 3.60. The molecule has 24 heavy (non-hydrogen) atoms. The molecule has 0 bridgehead atoms. The van der Waals surface area contributed by atoms with Crippen molar-refractivity contribution in [3.8, 4) is 5.75 Å². The lowest BCUT2D eigenvalue weighted by Crippen LogP contribution is -2.10. The first-order chi connectivity index (χ1) is 11.5. The van der Waals surface area contributed by atoms with E-state index in [4.69, 9.17) is 10.5 Å². The summed E-state index contributed by atoms with van der Waals surface area (Å²) in [6.45, 7) is 6.10. The fraction of sp³-hybridized carbons (Fsp3) is 0.278. The van der Waals surface area contributed by atoms with Crippen molar-refractivity contribution < 1.29 is 4.74 Å². The number of benzene rings is 1. The molecular weight excluding hydrogens is 302 g/mol. The molecular formula is C18H21N5O. The van der Waals surface area contributed by atoms with Gasteiger partial charge >= 0.3 is 0 Å². The van der Waals surface area contributed by atoms with E-state index in [0.717, 1.165) is 22.5 Å². The average Bonchev–Trinajstić information content (AvgIpc) is 2.54. The zero-order chi connectivity index (χ0) is 17.1. The summed E-state index contributed by atoms with van der Waals surface area (Å²) in [5.74, 6) is 2.03. The van der Waals surface area contributed by atoms with E-state index in [9.17, 15) is 0 Å². The molecule has 0 radical (unpaired) electrons. The van der Waals surface area contributed by atoms with Crippen molar-refractivity contribution in [2.45, 2.75) is 32.9 Å². The summed E-state index contributed by atoms with van der Waals surface area (Å²) in [6, 6.07) is 11.7. The van der Waals surface area contributed by atoms with Crippen molar-refractivity contribution in [1.29, 1.82) is 0 Å². The molecule has 3 N–H and O–H groups in total. The van der Waals surface area contributed by atoms with E-state index in [0.29, 0.717) is 11.5 Å². The van der Waals surface area contributed by atoms with Crippen LogP contribution in [0.2, 0.25) is 0 Å². The molecule has 0 spiro atoms. The number of hydrogen-bond donors (Lipinski definition) is 2. The lowest BCUT2D eigenvalue weighted by molar-refractivity contribution is 0.242. The van der Waals surface area contributed by atoms with Crippen LogP contribution in [0.3, 0.4) is 0 Å². The van der Waals surface area contributed by atoms with Crippen LogP contribution in [-0.4, -0.2) is 21.1 Å². The maximum absolute atomic E-state index is 5.76. The standard InChI is InChI=1S/C18H21N5O/c1-11(2)24-14-6-4-5-13(9-14)12(3)22-17-15-7-8-16(19)23-18(15)21-10-20-17/h4-12H,1-3H3,(H3,19,20,21,22,23). The van der Waals surface area contributed by atoms with Crippen LogP contribution in [0.15, 0.2) is 42.7 Å². The van der Waals surface area contributed by atoms with E-state index in [-0.39, 0.29) is 12.1 Å². The van der Waals surface area contributed by atoms with Crippen molar-refractivity contribution in [2.75, 3.05) is 11.1 Å². The summed E-state index contributed by atoms with van der Waals surface area (Å²) >= 11 is 0. The first kappa shape index (κ1) is 16.0. The van der Waals surface area contributed by atoms with Crippen LogP contribution in [-0.2, 0) is 0 Å². The number of anilines is 2. The van der Waals surface area contributed by atoms with Gasteiger partial charge in [0.2, 0.25) is 0 Å². The molecule has 3 aromatic rings. The molecule has 0 fully saturated rings. The Hall–Kier alpha value is -2.89. The zero-order valence-electron chi connectivity index (χ0n) is 14.0. The van der Waals surface area contributed by atoms with Crippen LogP contribution < -0.4 is 15.8 Å². The van der Waals surface area contributed by atoms with Gasteiger partial charge in [0.15, 0.2) is 5.65 Å². The van der Waals surface area contributed by atoms with Gasteiger partial charge < -0.3 is 15.8 Å². The molecule has 0 aliphatic carbocycles. The molecule has 0 saturated carbocycles. The fourth-order valence-corrected chi connectivity index (χ4v) is 2.49. The van der Waals surface area contributed by atoms with Crippen molar-refractivity contribution >= 4 is 22.7 Å². The predicted octanol–water partition coefficient (Wildman–Crippen LogP) is 3.57. The van der Waals surface area contributed by atoms with E-state index in [1.807, 2.05) is 38.1 Å². The van der Waals surface area contributed by atoms with Gasteiger partial charge in [-0.25, -0.2) is 15.0 Å². The van der Waals surface area contributed by atoms with Gasteiger partial charge in [-0.1, -0.05) is 12.1 Å². The van der Waals surface area contributed by atoms with Gasteiger partial charge in [-0.3, -0.25) is 0 Å². The number of nitrogens with one attached hydrogen (secondary N) is 1. The van der Waals surface area contributed by atoms with Crippen molar-refractivity contribution in [3.63, 3.8) is 0 Å². The van der Waals surface area contributed by atoms with E-state index in [1.54, 1.807) is 6.07 Å². The molecule has 124 valence electrons. The Kier molecular flexibility index (Phi) is 4.46. The molecule has 1 aromatic carbocycles. The van der Waals surface area contributed by atoms with Crippen LogP contribution in [0.1, 0.15) is 32.4 Å². The van der Waals surface area contributed by atoms with Crippen molar-refractivity contribution in [2.24, 2.45) is 0 Å². The number of fused-ring (bicyclic) bond motifs is 1. The number of ether oxygens (including phenoxy) is 1. The van der Waals surface area contributed by atoms with Gasteiger partial charge in [-0.2, -0.15) is 0 Å². The number of aromatic nitrogens is 3. The average molecular weight is 323 g/mol. The van der Waals surface area contributed by atoms with Crippen molar-refractivity contribution in [3.05, 3.63) is 48.3 Å². The smallest absolute Gasteiger partial charge is 0.166 e. The Morgan fingerprint density at radius 3 is 2.71 bits per heavy atom. The van der Waals surface area contributed by atoms with Gasteiger partial charge in [0.1, 0.15) is 23.7 Å². The van der Waals surface area contributed by atoms with E-state index >= 15 is 0 Å². The molecule has 2 heterocycles. The molecule has 6 heteroatoms. The number of nitrogens with two attached hydrogens (primary N) is 1. The molecule has 0 saturated heterocycles. The number of hydrogen-bond acceptors (Lipinski definition) is 6. The van der Waals surface area contributed by atoms with Crippen LogP contribution in [0, 0.1) is 0 Å². The zero-order valence-corrected chi connectivity index (χ0v) is 14.0. The third kappa shape index (κ3) is 3.53. The minimum atomic E-state index is 0.0522. The monoisotopic (exact) mass is 323 g/mol. The quantitative estimate of drug-likeness (QED) is 0.746. The molecule has 2 aromatic heterocycles.